The van der Waals surface area contributed by atoms with Gasteiger partial charge in [-0.05, 0) is 45.5 Å². The molecule has 2 fully saturated rings. The largest absolute Gasteiger partial charge is 0.497 e. The lowest BCUT2D eigenvalue weighted by Gasteiger charge is -2.49. The fourth-order valence-electron chi connectivity index (χ4n) is 8.26. The number of benzene rings is 6. The van der Waals surface area contributed by atoms with Gasteiger partial charge in [0, 0.05) is 0 Å². The number of hydrogen-bond acceptors (Lipinski definition) is 12. The van der Waals surface area contributed by atoms with Crippen LogP contribution in [0.1, 0.15) is 33.4 Å². The molecule has 12 heteroatoms. The highest BCUT2D eigenvalue weighted by Crippen LogP contribution is 2.34. The molecule has 67 heavy (non-hydrogen) atoms. The molecule has 2 saturated heterocycles. The van der Waals surface area contributed by atoms with Crippen molar-refractivity contribution in [3.8, 4) is 5.75 Å². The topological polar surface area (TPSA) is 139 Å². The van der Waals surface area contributed by atoms with Gasteiger partial charge in [0.15, 0.2) is 12.6 Å². The number of methoxy groups -OCH3 is 1. The molecule has 6 aromatic carbocycles. The van der Waals surface area contributed by atoms with Crippen LogP contribution in [0, 0.1) is 0 Å². The number of aliphatic hydroxyl groups excluding tert-OH is 1. The fraction of sp³-hybridized carbons (Fsp3) is 0.345. The van der Waals surface area contributed by atoms with E-state index in [0.29, 0.717) is 6.61 Å². The number of hydrogen-bond donors (Lipinski definition) is 2. The zero-order chi connectivity index (χ0) is 46.0. The Morgan fingerprint density at radius 2 is 0.791 bits per heavy atom. The van der Waals surface area contributed by atoms with Gasteiger partial charge < -0.3 is 58.2 Å². The number of aliphatic hydroxyl groups is 1. The lowest BCUT2D eigenvalue weighted by Crippen LogP contribution is -2.67. The van der Waals surface area contributed by atoms with Crippen molar-refractivity contribution in [1.82, 2.24) is 0 Å². The zero-order valence-electron chi connectivity index (χ0n) is 37.8. The monoisotopic (exact) mass is 911 g/mol. The molecule has 0 saturated carbocycles. The average Bonchev–Trinajstić information content (AvgIpc) is 3.38. The zero-order valence-corrected chi connectivity index (χ0v) is 37.8. The smallest absolute Gasteiger partial charge is 0.184 e. The van der Waals surface area contributed by atoms with E-state index in [1.165, 1.54) is 0 Å². The minimum atomic E-state index is -1.41. The molecule has 2 heterocycles. The van der Waals surface area contributed by atoms with Gasteiger partial charge in [0.1, 0.15) is 48.5 Å². The van der Waals surface area contributed by atoms with Crippen LogP contribution in [0.3, 0.4) is 0 Å². The lowest BCUT2D eigenvalue weighted by atomic mass is 9.95. The number of ether oxygens (including phenoxy) is 10. The van der Waals surface area contributed by atoms with Crippen LogP contribution in [0.5, 0.6) is 5.75 Å². The summed E-state index contributed by atoms with van der Waals surface area (Å²) < 4.78 is 65.4. The van der Waals surface area contributed by atoms with E-state index in [1.807, 2.05) is 176 Å². The predicted molar refractivity (Wildman–Crippen MR) is 251 cm³/mol. The van der Waals surface area contributed by atoms with E-state index in [-0.39, 0.29) is 46.2 Å². The Labute approximate surface area is 393 Å². The fourth-order valence-corrected chi connectivity index (χ4v) is 8.26. The van der Waals surface area contributed by atoms with Crippen molar-refractivity contribution in [2.24, 2.45) is 5.73 Å². The Hall–Kier alpha value is -5.32. The summed E-state index contributed by atoms with van der Waals surface area (Å²) >= 11 is 0. The molecule has 0 amide bonds. The SMILES string of the molecule is COc1ccc(COC[C@H]2O[C@@H](O)[C@H](OCc3ccccc3)[C@@H](OCc3ccccc3)[C@@H]2O[C@@H]2O[C@H](COCc3ccccc3)[C@@H](OCc3ccccc3)[C@H](OCc3ccccc3)[C@H]2N)cc1. The quantitative estimate of drug-likeness (QED) is 0.0646. The third kappa shape index (κ3) is 13.9. The van der Waals surface area contributed by atoms with Gasteiger partial charge in [0.05, 0.1) is 66.0 Å². The second-order valence-electron chi connectivity index (χ2n) is 16.7. The molecule has 0 spiro atoms. The highest BCUT2D eigenvalue weighted by Gasteiger charge is 2.53. The summed E-state index contributed by atoms with van der Waals surface area (Å²) in [6, 6.07) is 56.1. The van der Waals surface area contributed by atoms with Crippen molar-refractivity contribution >= 4 is 0 Å². The first-order valence-electron chi connectivity index (χ1n) is 22.8. The molecular weight excluding hydrogens is 851 g/mol. The first-order chi connectivity index (χ1) is 33.0. The molecule has 0 radical (unpaired) electrons. The number of nitrogens with two attached hydrogens (primary N) is 1. The molecule has 6 aromatic rings. The molecule has 0 aromatic heterocycles. The Balaban J connectivity index is 1.11. The first-order valence-corrected chi connectivity index (χ1v) is 22.8. The van der Waals surface area contributed by atoms with E-state index in [9.17, 15) is 5.11 Å². The van der Waals surface area contributed by atoms with Crippen LogP contribution in [0.2, 0.25) is 0 Å². The van der Waals surface area contributed by atoms with Crippen LogP contribution in [0.4, 0.5) is 0 Å². The summed E-state index contributed by atoms with van der Waals surface area (Å²) in [6.07, 6.45) is -8.33. The van der Waals surface area contributed by atoms with Crippen LogP contribution in [-0.4, -0.2) is 86.8 Å². The summed E-state index contributed by atoms with van der Waals surface area (Å²) in [6.45, 7) is 1.67. The van der Waals surface area contributed by atoms with E-state index in [1.54, 1.807) is 7.11 Å². The first kappa shape index (κ1) is 48.1. The second kappa shape index (κ2) is 25.2. The minimum absolute atomic E-state index is 0.0205. The average molecular weight is 912 g/mol. The van der Waals surface area contributed by atoms with Crippen molar-refractivity contribution in [3.63, 3.8) is 0 Å². The molecule has 0 bridgehead atoms. The van der Waals surface area contributed by atoms with Gasteiger partial charge in [0.2, 0.25) is 0 Å². The summed E-state index contributed by atoms with van der Waals surface area (Å²) in [4.78, 5) is 0. The molecule has 0 unspecified atom stereocenters. The molecule has 2 aliphatic rings. The highest BCUT2D eigenvalue weighted by atomic mass is 16.7. The summed E-state index contributed by atoms with van der Waals surface area (Å²) in [5.74, 6) is 0.738. The summed E-state index contributed by atoms with van der Waals surface area (Å²) in [5.41, 5.74) is 13.0. The third-order valence-electron chi connectivity index (χ3n) is 11.8. The van der Waals surface area contributed by atoms with Crippen LogP contribution in [0.25, 0.3) is 0 Å². The molecule has 352 valence electrons. The van der Waals surface area contributed by atoms with E-state index >= 15 is 0 Å². The van der Waals surface area contributed by atoms with E-state index in [0.717, 1.165) is 39.1 Å². The lowest BCUT2D eigenvalue weighted by molar-refractivity contribution is -0.355. The molecular formula is C55H61NO11. The third-order valence-corrected chi connectivity index (χ3v) is 11.8. The molecule has 8 rings (SSSR count). The predicted octanol–water partition coefficient (Wildman–Crippen LogP) is 7.92. The van der Waals surface area contributed by atoms with Crippen molar-refractivity contribution in [1.29, 1.82) is 0 Å². The van der Waals surface area contributed by atoms with Gasteiger partial charge >= 0.3 is 0 Å². The Bertz CT molecular complexity index is 2280. The normalized spacial score (nSPS) is 25.1. The van der Waals surface area contributed by atoms with Crippen LogP contribution < -0.4 is 10.5 Å². The molecule has 10 atom stereocenters. The minimum Gasteiger partial charge on any atom is -0.497 e. The molecule has 12 nitrogen and oxygen atoms in total. The highest BCUT2D eigenvalue weighted by molar-refractivity contribution is 5.27. The number of rotatable bonds is 23. The van der Waals surface area contributed by atoms with Crippen molar-refractivity contribution in [3.05, 3.63) is 209 Å². The summed E-state index contributed by atoms with van der Waals surface area (Å²) in [7, 11) is 1.63. The Morgan fingerprint density at radius 1 is 0.418 bits per heavy atom. The maximum atomic E-state index is 11.8. The van der Waals surface area contributed by atoms with Gasteiger partial charge in [-0.25, -0.2) is 0 Å². The second-order valence-corrected chi connectivity index (χ2v) is 16.7. The standard InChI is InChI=1S/C55H61NO11/c1-58-45-29-27-44(28-30-45)32-60-38-47-50(52(63-35-42-23-13-5-14-24-42)53(54(57)65-47)64-36-43-25-15-6-16-26-43)67-55-48(56)51(62-34-41-21-11-4-12-22-41)49(61-33-40-19-9-3-10-20-40)46(66-55)37-59-31-39-17-7-2-8-18-39/h2-30,46-55,57H,31-38,56H2,1H3/t46-,47-,48-,49-,50-,51-,52+,53-,54-,55+/m1/s1. The van der Waals surface area contributed by atoms with Crippen molar-refractivity contribution in [2.75, 3.05) is 20.3 Å². The molecule has 3 N–H and O–H groups in total. The van der Waals surface area contributed by atoms with E-state index in [2.05, 4.69) is 0 Å². The maximum absolute atomic E-state index is 11.8. The Kier molecular flexibility index (Phi) is 18.1. The van der Waals surface area contributed by atoms with E-state index in [4.69, 9.17) is 53.1 Å². The Morgan fingerprint density at radius 3 is 1.24 bits per heavy atom. The molecule has 2 aliphatic heterocycles. The van der Waals surface area contributed by atoms with Crippen LogP contribution >= 0.6 is 0 Å². The van der Waals surface area contributed by atoms with Gasteiger partial charge in [-0.2, -0.15) is 0 Å². The van der Waals surface area contributed by atoms with Gasteiger partial charge in [-0.15, -0.1) is 0 Å². The van der Waals surface area contributed by atoms with Crippen molar-refractivity contribution in [2.45, 2.75) is 101 Å². The van der Waals surface area contributed by atoms with Gasteiger partial charge in [-0.3, -0.25) is 0 Å². The maximum Gasteiger partial charge on any atom is 0.184 e. The van der Waals surface area contributed by atoms with Crippen LogP contribution in [-0.2, 0) is 82.3 Å². The van der Waals surface area contributed by atoms with Gasteiger partial charge in [0.25, 0.3) is 0 Å². The van der Waals surface area contributed by atoms with Crippen molar-refractivity contribution < 1.29 is 52.5 Å². The van der Waals surface area contributed by atoms with Gasteiger partial charge in [-0.1, -0.05) is 164 Å². The van der Waals surface area contributed by atoms with Crippen LogP contribution in [0.15, 0.2) is 176 Å². The van der Waals surface area contributed by atoms with E-state index < -0.39 is 61.3 Å². The molecule has 0 aliphatic carbocycles. The summed E-state index contributed by atoms with van der Waals surface area (Å²) in [5, 5.41) is 11.8.